The molecule has 0 aliphatic heterocycles. The first-order valence-electron chi connectivity index (χ1n) is 13.5. The second kappa shape index (κ2) is 10.7. The Morgan fingerprint density at radius 3 is 2.76 bits per heavy atom. The third-order valence-corrected chi connectivity index (χ3v) is 7.82. The zero-order valence-corrected chi connectivity index (χ0v) is 21.6. The number of aromatic amines is 1. The van der Waals surface area contributed by atoms with Crippen LogP contribution >= 0.6 is 0 Å². The van der Waals surface area contributed by atoms with Crippen molar-refractivity contribution in [2.45, 2.75) is 63.8 Å². The number of benzene rings is 1. The normalized spacial score (nSPS) is 16.0. The number of hydrogen-bond donors (Lipinski definition) is 1. The van der Waals surface area contributed by atoms with Gasteiger partial charge in [0.25, 0.3) is 5.56 Å². The van der Waals surface area contributed by atoms with E-state index in [1.807, 2.05) is 47.3 Å². The van der Waals surface area contributed by atoms with Gasteiger partial charge in [0, 0.05) is 29.9 Å². The Morgan fingerprint density at radius 2 is 1.97 bits per heavy atom. The number of rotatable bonds is 8. The van der Waals surface area contributed by atoms with Crippen LogP contribution in [0.5, 0.6) is 0 Å². The first-order valence-corrected chi connectivity index (χ1v) is 13.5. The van der Waals surface area contributed by atoms with Crippen molar-refractivity contribution in [3.05, 3.63) is 106 Å². The molecule has 0 spiro atoms. The third-order valence-electron chi connectivity index (χ3n) is 7.82. The van der Waals surface area contributed by atoms with Crippen molar-refractivity contribution in [1.82, 2.24) is 30.2 Å². The SMILES string of the molecule is Cc1ccc2[nH]c(=O)c(C(c3nnnn3C3CCCCC3)C(Cc3cccnc3)Cc3ccco3)cc2c1. The minimum Gasteiger partial charge on any atom is -0.469 e. The lowest BCUT2D eigenvalue weighted by Crippen LogP contribution is -2.30. The second-order valence-electron chi connectivity index (χ2n) is 10.5. The lowest BCUT2D eigenvalue weighted by atomic mass is 9.79. The molecule has 0 bridgehead atoms. The number of aryl methyl sites for hydroxylation is 1. The van der Waals surface area contributed by atoms with E-state index in [0.29, 0.717) is 18.4 Å². The van der Waals surface area contributed by atoms with E-state index in [2.05, 4.69) is 44.5 Å². The average Bonchev–Trinajstić information content (AvgIpc) is 3.63. The summed E-state index contributed by atoms with van der Waals surface area (Å²) < 4.78 is 7.81. The Kier molecular flexibility index (Phi) is 6.86. The topological polar surface area (TPSA) is 102 Å². The molecule has 1 aliphatic rings. The molecule has 4 heterocycles. The molecule has 0 amide bonds. The molecule has 6 rings (SSSR count). The summed E-state index contributed by atoms with van der Waals surface area (Å²) >= 11 is 0. The molecule has 8 heteroatoms. The van der Waals surface area contributed by atoms with Gasteiger partial charge in [-0.15, -0.1) is 5.10 Å². The largest absolute Gasteiger partial charge is 0.469 e. The lowest BCUT2D eigenvalue weighted by Gasteiger charge is -2.29. The first kappa shape index (κ1) is 24.3. The highest BCUT2D eigenvalue weighted by atomic mass is 16.3. The summed E-state index contributed by atoms with van der Waals surface area (Å²) in [6, 6.07) is 16.3. The van der Waals surface area contributed by atoms with Crippen molar-refractivity contribution in [3.63, 3.8) is 0 Å². The van der Waals surface area contributed by atoms with E-state index in [-0.39, 0.29) is 23.4 Å². The Labute approximate surface area is 221 Å². The van der Waals surface area contributed by atoms with Gasteiger partial charge >= 0.3 is 0 Å². The molecule has 1 saturated carbocycles. The van der Waals surface area contributed by atoms with Crippen LogP contribution in [0.25, 0.3) is 10.9 Å². The molecule has 38 heavy (non-hydrogen) atoms. The van der Waals surface area contributed by atoms with Gasteiger partial charge in [0.2, 0.25) is 0 Å². The molecule has 2 atom stereocenters. The fourth-order valence-electron chi connectivity index (χ4n) is 5.99. The van der Waals surface area contributed by atoms with Crippen molar-refractivity contribution in [2.75, 3.05) is 0 Å². The highest BCUT2D eigenvalue weighted by Crippen LogP contribution is 2.37. The van der Waals surface area contributed by atoms with Crippen LogP contribution in [0.1, 0.15) is 72.3 Å². The number of furan rings is 1. The predicted octanol–water partition coefficient (Wildman–Crippen LogP) is 5.55. The monoisotopic (exact) mass is 508 g/mol. The van der Waals surface area contributed by atoms with Gasteiger partial charge in [-0.2, -0.15) is 0 Å². The number of nitrogens with zero attached hydrogens (tertiary/aromatic N) is 5. The smallest absolute Gasteiger partial charge is 0.252 e. The molecule has 2 unspecified atom stereocenters. The number of fused-ring (bicyclic) bond motifs is 1. The van der Waals surface area contributed by atoms with E-state index in [9.17, 15) is 4.79 Å². The van der Waals surface area contributed by atoms with Gasteiger partial charge in [0.15, 0.2) is 5.82 Å². The zero-order chi connectivity index (χ0) is 25.9. The Hall–Kier alpha value is -4.07. The summed E-state index contributed by atoms with van der Waals surface area (Å²) in [5.74, 6) is 1.23. The fourth-order valence-corrected chi connectivity index (χ4v) is 5.99. The Morgan fingerprint density at radius 1 is 1.08 bits per heavy atom. The van der Waals surface area contributed by atoms with Crippen molar-refractivity contribution >= 4 is 10.9 Å². The highest BCUT2D eigenvalue weighted by molar-refractivity contribution is 5.79. The molecule has 1 fully saturated rings. The van der Waals surface area contributed by atoms with Gasteiger partial charge in [-0.25, -0.2) is 4.68 Å². The minimum atomic E-state index is -0.342. The molecule has 194 valence electrons. The van der Waals surface area contributed by atoms with E-state index in [0.717, 1.165) is 59.3 Å². The summed E-state index contributed by atoms with van der Waals surface area (Å²) in [6.07, 6.45) is 12.4. The maximum Gasteiger partial charge on any atom is 0.252 e. The molecular weight excluding hydrogens is 476 g/mol. The van der Waals surface area contributed by atoms with Crippen molar-refractivity contribution < 1.29 is 4.42 Å². The van der Waals surface area contributed by atoms with Crippen molar-refractivity contribution in [2.24, 2.45) is 5.92 Å². The van der Waals surface area contributed by atoms with Gasteiger partial charge in [0.1, 0.15) is 5.76 Å². The van der Waals surface area contributed by atoms with E-state index >= 15 is 0 Å². The quantitative estimate of drug-likeness (QED) is 0.295. The Balaban J connectivity index is 1.53. The molecular formula is C30H32N6O2. The molecule has 5 aromatic rings. The molecule has 0 radical (unpaired) electrons. The molecule has 8 nitrogen and oxygen atoms in total. The number of H-pyrrole nitrogens is 1. The van der Waals surface area contributed by atoms with Crippen molar-refractivity contribution in [3.8, 4) is 0 Å². The van der Waals surface area contributed by atoms with E-state index in [1.54, 1.807) is 12.5 Å². The zero-order valence-electron chi connectivity index (χ0n) is 21.6. The van der Waals surface area contributed by atoms with Crippen LogP contribution in [0, 0.1) is 12.8 Å². The summed E-state index contributed by atoms with van der Waals surface area (Å²) in [6.45, 7) is 2.06. The van der Waals surface area contributed by atoms with Crippen LogP contribution in [-0.4, -0.2) is 30.2 Å². The van der Waals surface area contributed by atoms with E-state index in [1.165, 1.54) is 6.42 Å². The van der Waals surface area contributed by atoms with Gasteiger partial charge in [-0.3, -0.25) is 9.78 Å². The third kappa shape index (κ3) is 5.03. The number of tetrazole rings is 1. The predicted molar refractivity (Wildman–Crippen MR) is 145 cm³/mol. The fraction of sp³-hybridized carbons (Fsp3) is 0.367. The summed E-state index contributed by atoms with van der Waals surface area (Å²) in [4.78, 5) is 21.2. The van der Waals surface area contributed by atoms with E-state index in [4.69, 9.17) is 4.42 Å². The molecule has 1 aromatic carbocycles. The van der Waals surface area contributed by atoms with Crippen molar-refractivity contribution in [1.29, 1.82) is 0 Å². The summed E-state index contributed by atoms with van der Waals surface area (Å²) in [7, 11) is 0. The molecule has 4 aromatic heterocycles. The highest BCUT2D eigenvalue weighted by Gasteiger charge is 2.35. The minimum absolute atomic E-state index is 0.0398. The van der Waals surface area contributed by atoms with E-state index < -0.39 is 0 Å². The van der Waals surface area contributed by atoms with Crippen LogP contribution in [0.15, 0.2) is 76.4 Å². The maximum absolute atomic E-state index is 13.7. The van der Waals surface area contributed by atoms with Crippen LogP contribution in [-0.2, 0) is 12.8 Å². The number of aromatic nitrogens is 6. The first-order chi connectivity index (χ1) is 18.7. The van der Waals surface area contributed by atoms with Gasteiger partial charge in [-0.05, 0) is 89.9 Å². The number of pyridine rings is 2. The van der Waals surface area contributed by atoms with Crippen LogP contribution in [0.4, 0.5) is 0 Å². The number of hydrogen-bond acceptors (Lipinski definition) is 6. The summed E-state index contributed by atoms with van der Waals surface area (Å²) in [5, 5.41) is 14.2. The standard InChI is InChI=1S/C30H32N6O2/c1-20-11-12-27-22(15-20)18-26(30(37)32-27)28(29-33-34-35-36(29)24-8-3-2-4-9-24)23(17-25-10-6-14-38-25)16-21-7-5-13-31-19-21/h5-7,10-15,18-19,23-24,28H,2-4,8-9,16-17H2,1H3,(H,32,37). The molecule has 0 saturated heterocycles. The van der Waals surface area contributed by atoms with Crippen LogP contribution in [0.2, 0.25) is 0 Å². The maximum atomic E-state index is 13.7. The van der Waals surface area contributed by atoms with Crippen LogP contribution < -0.4 is 5.56 Å². The second-order valence-corrected chi connectivity index (χ2v) is 10.5. The van der Waals surface area contributed by atoms with Gasteiger partial charge < -0.3 is 9.40 Å². The Bertz CT molecular complexity index is 1550. The summed E-state index contributed by atoms with van der Waals surface area (Å²) in [5.41, 5.74) is 3.63. The van der Waals surface area contributed by atoms with Crippen LogP contribution in [0.3, 0.4) is 0 Å². The molecule has 1 N–H and O–H groups in total. The average molecular weight is 509 g/mol. The van der Waals surface area contributed by atoms with Gasteiger partial charge in [0.05, 0.1) is 18.2 Å². The molecule has 1 aliphatic carbocycles. The number of nitrogens with one attached hydrogen (secondary N) is 1. The lowest BCUT2D eigenvalue weighted by molar-refractivity contribution is 0.302. The van der Waals surface area contributed by atoms with Gasteiger partial charge in [-0.1, -0.05) is 37.0 Å².